The standard InChI is InChI=1S/C12H18N2O/c1-9-3-4-14-12(5-9)15-11-6-10(7-11)8-13-2/h3-5,10-11,13H,6-8H2,1-2H3. The van der Waals surface area contributed by atoms with E-state index in [1.54, 1.807) is 6.20 Å². The van der Waals surface area contributed by atoms with Crippen molar-refractivity contribution in [2.45, 2.75) is 25.9 Å². The number of nitrogens with one attached hydrogen (secondary N) is 1. The lowest BCUT2D eigenvalue weighted by atomic mass is 9.82. The molecule has 1 N–H and O–H groups in total. The Morgan fingerprint density at radius 1 is 1.53 bits per heavy atom. The summed E-state index contributed by atoms with van der Waals surface area (Å²) in [6.07, 6.45) is 4.47. The number of ether oxygens (including phenoxy) is 1. The minimum Gasteiger partial charge on any atom is -0.474 e. The van der Waals surface area contributed by atoms with E-state index < -0.39 is 0 Å². The Bertz CT molecular complexity index is 321. The van der Waals surface area contributed by atoms with E-state index in [9.17, 15) is 0 Å². The topological polar surface area (TPSA) is 34.1 Å². The number of hydrogen-bond acceptors (Lipinski definition) is 3. The average Bonchev–Trinajstić information content (AvgIpc) is 2.15. The molecule has 0 radical (unpaired) electrons. The molecule has 1 saturated carbocycles. The zero-order valence-electron chi connectivity index (χ0n) is 9.36. The molecule has 0 bridgehead atoms. The summed E-state index contributed by atoms with van der Waals surface area (Å²) in [6, 6.07) is 3.98. The second kappa shape index (κ2) is 4.62. The van der Waals surface area contributed by atoms with Crippen molar-refractivity contribution in [3.8, 4) is 5.88 Å². The van der Waals surface area contributed by atoms with E-state index in [1.807, 2.05) is 19.2 Å². The van der Waals surface area contributed by atoms with Gasteiger partial charge in [-0.05, 0) is 50.9 Å². The Hall–Kier alpha value is -1.09. The minimum atomic E-state index is 0.373. The molecular formula is C12H18N2O. The lowest BCUT2D eigenvalue weighted by Crippen LogP contribution is -2.38. The van der Waals surface area contributed by atoms with Crippen molar-refractivity contribution in [1.82, 2.24) is 10.3 Å². The molecule has 1 heterocycles. The van der Waals surface area contributed by atoms with Crippen LogP contribution in [0.1, 0.15) is 18.4 Å². The van der Waals surface area contributed by atoms with Gasteiger partial charge in [-0.2, -0.15) is 0 Å². The summed E-state index contributed by atoms with van der Waals surface area (Å²) in [6.45, 7) is 3.15. The van der Waals surface area contributed by atoms with Gasteiger partial charge in [0.05, 0.1) is 0 Å². The molecule has 1 aliphatic rings. The Morgan fingerprint density at radius 3 is 3.00 bits per heavy atom. The SMILES string of the molecule is CNCC1CC(Oc2cc(C)ccn2)C1. The van der Waals surface area contributed by atoms with Gasteiger partial charge in [0.1, 0.15) is 6.10 Å². The van der Waals surface area contributed by atoms with Gasteiger partial charge in [0.2, 0.25) is 5.88 Å². The van der Waals surface area contributed by atoms with Gasteiger partial charge < -0.3 is 10.1 Å². The van der Waals surface area contributed by atoms with Crippen LogP contribution in [0.15, 0.2) is 18.3 Å². The summed E-state index contributed by atoms with van der Waals surface area (Å²) in [7, 11) is 2.00. The number of rotatable bonds is 4. The van der Waals surface area contributed by atoms with Gasteiger partial charge in [-0.3, -0.25) is 0 Å². The maximum absolute atomic E-state index is 5.77. The molecule has 82 valence electrons. The predicted molar refractivity (Wildman–Crippen MR) is 60.0 cm³/mol. The molecular weight excluding hydrogens is 188 g/mol. The molecule has 0 aliphatic heterocycles. The predicted octanol–water partition coefficient (Wildman–Crippen LogP) is 1.77. The van der Waals surface area contributed by atoms with E-state index in [1.165, 1.54) is 5.56 Å². The highest BCUT2D eigenvalue weighted by Crippen LogP contribution is 2.30. The van der Waals surface area contributed by atoms with Crippen molar-refractivity contribution in [2.75, 3.05) is 13.6 Å². The quantitative estimate of drug-likeness (QED) is 0.815. The van der Waals surface area contributed by atoms with Gasteiger partial charge in [-0.25, -0.2) is 4.98 Å². The first-order valence-corrected chi connectivity index (χ1v) is 5.52. The smallest absolute Gasteiger partial charge is 0.213 e. The van der Waals surface area contributed by atoms with Gasteiger partial charge in [0.15, 0.2) is 0 Å². The molecule has 0 unspecified atom stereocenters. The van der Waals surface area contributed by atoms with Crippen molar-refractivity contribution in [1.29, 1.82) is 0 Å². The number of hydrogen-bond donors (Lipinski definition) is 1. The first kappa shape index (κ1) is 10.4. The van der Waals surface area contributed by atoms with E-state index in [4.69, 9.17) is 4.74 Å². The highest BCUT2D eigenvalue weighted by Gasteiger charge is 2.30. The molecule has 1 aromatic heterocycles. The Labute approximate surface area is 90.9 Å². The van der Waals surface area contributed by atoms with Crippen LogP contribution in [0.3, 0.4) is 0 Å². The third-order valence-electron chi connectivity index (χ3n) is 2.86. The van der Waals surface area contributed by atoms with Crippen LogP contribution in [-0.4, -0.2) is 24.7 Å². The maximum Gasteiger partial charge on any atom is 0.213 e. The number of nitrogens with zero attached hydrogens (tertiary/aromatic N) is 1. The van der Waals surface area contributed by atoms with Crippen LogP contribution in [0.5, 0.6) is 5.88 Å². The van der Waals surface area contributed by atoms with E-state index in [2.05, 4.69) is 17.2 Å². The Balaban J connectivity index is 1.80. The second-order valence-electron chi connectivity index (χ2n) is 4.31. The Kier molecular flexibility index (Phi) is 3.21. The summed E-state index contributed by atoms with van der Waals surface area (Å²) in [5, 5.41) is 3.19. The van der Waals surface area contributed by atoms with Crippen LogP contribution in [0, 0.1) is 12.8 Å². The van der Waals surface area contributed by atoms with Crippen molar-refractivity contribution in [3.63, 3.8) is 0 Å². The summed E-state index contributed by atoms with van der Waals surface area (Å²) in [5.41, 5.74) is 1.20. The zero-order chi connectivity index (χ0) is 10.7. The number of aromatic nitrogens is 1. The van der Waals surface area contributed by atoms with Crippen molar-refractivity contribution >= 4 is 0 Å². The zero-order valence-corrected chi connectivity index (χ0v) is 9.36. The molecule has 0 atom stereocenters. The molecule has 0 saturated heterocycles. The van der Waals surface area contributed by atoms with E-state index >= 15 is 0 Å². The lowest BCUT2D eigenvalue weighted by molar-refractivity contribution is 0.0616. The van der Waals surface area contributed by atoms with Crippen molar-refractivity contribution in [2.24, 2.45) is 5.92 Å². The normalized spacial score (nSPS) is 24.7. The number of pyridine rings is 1. The van der Waals surface area contributed by atoms with Crippen molar-refractivity contribution in [3.05, 3.63) is 23.9 Å². The second-order valence-corrected chi connectivity index (χ2v) is 4.31. The third-order valence-corrected chi connectivity index (χ3v) is 2.86. The van der Waals surface area contributed by atoms with Gasteiger partial charge in [-0.1, -0.05) is 0 Å². The summed E-state index contributed by atoms with van der Waals surface area (Å²) >= 11 is 0. The lowest BCUT2D eigenvalue weighted by Gasteiger charge is -2.34. The van der Waals surface area contributed by atoms with Crippen molar-refractivity contribution < 1.29 is 4.74 Å². The molecule has 0 amide bonds. The first-order valence-electron chi connectivity index (χ1n) is 5.52. The van der Waals surface area contributed by atoms with Crippen LogP contribution < -0.4 is 10.1 Å². The van der Waals surface area contributed by atoms with Crippen LogP contribution in [-0.2, 0) is 0 Å². The molecule has 0 spiro atoms. The summed E-state index contributed by atoms with van der Waals surface area (Å²) < 4.78 is 5.77. The summed E-state index contributed by atoms with van der Waals surface area (Å²) in [5.74, 6) is 1.55. The molecule has 1 fully saturated rings. The molecule has 1 aromatic rings. The van der Waals surface area contributed by atoms with E-state index in [0.717, 1.165) is 31.2 Å². The van der Waals surface area contributed by atoms with Gasteiger partial charge in [0.25, 0.3) is 0 Å². The summed E-state index contributed by atoms with van der Waals surface area (Å²) in [4.78, 5) is 4.19. The average molecular weight is 206 g/mol. The van der Waals surface area contributed by atoms with Crippen LogP contribution in [0.4, 0.5) is 0 Å². The molecule has 3 nitrogen and oxygen atoms in total. The van der Waals surface area contributed by atoms with E-state index in [-0.39, 0.29) is 0 Å². The molecule has 15 heavy (non-hydrogen) atoms. The van der Waals surface area contributed by atoms with Gasteiger partial charge in [-0.15, -0.1) is 0 Å². The fraction of sp³-hybridized carbons (Fsp3) is 0.583. The van der Waals surface area contributed by atoms with E-state index in [0.29, 0.717) is 6.10 Å². The fourth-order valence-electron chi connectivity index (χ4n) is 1.97. The first-order chi connectivity index (χ1) is 7.28. The monoisotopic (exact) mass is 206 g/mol. The Morgan fingerprint density at radius 2 is 2.33 bits per heavy atom. The minimum absolute atomic E-state index is 0.373. The van der Waals surface area contributed by atoms with Crippen LogP contribution in [0.25, 0.3) is 0 Å². The molecule has 3 heteroatoms. The highest BCUT2D eigenvalue weighted by atomic mass is 16.5. The van der Waals surface area contributed by atoms with Crippen LogP contribution >= 0.6 is 0 Å². The van der Waals surface area contributed by atoms with Crippen LogP contribution in [0.2, 0.25) is 0 Å². The van der Waals surface area contributed by atoms with Gasteiger partial charge in [0, 0.05) is 12.3 Å². The largest absolute Gasteiger partial charge is 0.474 e. The fourth-order valence-corrected chi connectivity index (χ4v) is 1.97. The molecule has 0 aromatic carbocycles. The number of aryl methyl sites for hydroxylation is 1. The molecule has 2 rings (SSSR count). The third kappa shape index (κ3) is 2.69. The maximum atomic E-state index is 5.77. The highest BCUT2D eigenvalue weighted by molar-refractivity contribution is 5.19. The molecule has 1 aliphatic carbocycles. The van der Waals surface area contributed by atoms with Gasteiger partial charge >= 0.3 is 0 Å².